The third-order valence-corrected chi connectivity index (χ3v) is 5.81. The predicted molar refractivity (Wildman–Crippen MR) is 113 cm³/mol. The third kappa shape index (κ3) is 3.59. The SMILES string of the molecule is CC(Nc1ncnc2[nH]cnc12)c1nc2scc(C(F)(F)F)n2c(=O)c1-c1cccc(F)c1. The Balaban J connectivity index is 1.73. The zero-order chi connectivity index (χ0) is 23.3. The van der Waals surface area contributed by atoms with Crippen molar-refractivity contribution in [2.75, 3.05) is 5.32 Å². The van der Waals surface area contributed by atoms with Gasteiger partial charge < -0.3 is 10.3 Å². The van der Waals surface area contributed by atoms with Gasteiger partial charge in [0.25, 0.3) is 5.56 Å². The second-order valence-corrected chi connectivity index (χ2v) is 7.95. The first kappa shape index (κ1) is 21.0. The third-order valence-electron chi connectivity index (χ3n) is 4.98. The van der Waals surface area contributed by atoms with Crippen molar-refractivity contribution in [2.45, 2.75) is 19.1 Å². The molecule has 1 aromatic carbocycles. The van der Waals surface area contributed by atoms with E-state index in [4.69, 9.17) is 0 Å². The molecule has 33 heavy (non-hydrogen) atoms. The number of imidazole rings is 1. The van der Waals surface area contributed by atoms with Gasteiger partial charge in [0.1, 0.15) is 23.4 Å². The molecule has 0 amide bonds. The normalized spacial score (nSPS) is 13.0. The van der Waals surface area contributed by atoms with E-state index in [0.29, 0.717) is 32.7 Å². The van der Waals surface area contributed by atoms with E-state index in [1.807, 2.05) is 0 Å². The molecule has 1 unspecified atom stereocenters. The molecule has 0 saturated heterocycles. The molecule has 2 N–H and O–H groups in total. The van der Waals surface area contributed by atoms with Crippen LogP contribution in [0.15, 0.2) is 47.1 Å². The average molecular weight is 475 g/mol. The second kappa shape index (κ2) is 7.62. The number of nitrogens with zero attached hydrogens (tertiary/aromatic N) is 5. The minimum atomic E-state index is -4.76. The molecule has 5 aromatic rings. The summed E-state index contributed by atoms with van der Waals surface area (Å²) in [6.45, 7) is 1.67. The number of aromatic nitrogens is 6. The van der Waals surface area contributed by atoms with Crippen LogP contribution in [0, 0.1) is 5.82 Å². The van der Waals surface area contributed by atoms with Crippen LogP contribution in [0.2, 0.25) is 0 Å². The molecule has 0 bridgehead atoms. The molecule has 0 fully saturated rings. The van der Waals surface area contributed by atoms with E-state index in [9.17, 15) is 22.4 Å². The minimum Gasteiger partial charge on any atom is -0.360 e. The highest BCUT2D eigenvalue weighted by atomic mass is 32.1. The van der Waals surface area contributed by atoms with Crippen LogP contribution >= 0.6 is 11.3 Å². The molecule has 5 rings (SSSR count). The van der Waals surface area contributed by atoms with Crippen LogP contribution in [0.4, 0.5) is 23.4 Å². The summed E-state index contributed by atoms with van der Waals surface area (Å²) in [5.41, 5.74) is -1.08. The first-order valence-electron chi connectivity index (χ1n) is 9.52. The van der Waals surface area contributed by atoms with Crippen LogP contribution in [-0.4, -0.2) is 29.3 Å². The Kier molecular flexibility index (Phi) is 4.85. The van der Waals surface area contributed by atoms with E-state index in [0.717, 1.165) is 11.4 Å². The molecular weight excluding hydrogens is 462 g/mol. The molecule has 0 saturated carbocycles. The van der Waals surface area contributed by atoms with Gasteiger partial charge in [0.05, 0.1) is 23.6 Å². The summed E-state index contributed by atoms with van der Waals surface area (Å²) in [7, 11) is 0. The van der Waals surface area contributed by atoms with Gasteiger partial charge in [-0.1, -0.05) is 12.1 Å². The fourth-order valence-electron chi connectivity index (χ4n) is 3.54. The zero-order valence-electron chi connectivity index (χ0n) is 16.7. The van der Waals surface area contributed by atoms with Gasteiger partial charge in [0, 0.05) is 5.38 Å². The number of fused-ring (bicyclic) bond motifs is 2. The number of aromatic amines is 1. The summed E-state index contributed by atoms with van der Waals surface area (Å²) in [6, 6.07) is 4.37. The van der Waals surface area contributed by atoms with Crippen LogP contribution in [-0.2, 0) is 6.18 Å². The first-order valence-corrected chi connectivity index (χ1v) is 10.4. The number of rotatable bonds is 4. The quantitative estimate of drug-likeness (QED) is 0.373. The van der Waals surface area contributed by atoms with Crippen LogP contribution in [0.1, 0.15) is 24.4 Å². The van der Waals surface area contributed by atoms with Gasteiger partial charge in [-0.2, -0.15) is 13.2 Å². The van der Waals surface area contributed by atoms with Gasteiger partial charge in [-0.25, -0.2) is 28.7 Å². The smallest absolute Gasteiger partial charge is 0.360 e. The van der Waals surface area contributed by atoms with Crippen molar-refractivity contribution in [1.29, 1.82) is 0 Å². The molecule has 0 radical (unpaired) electrons. The summed E-state index contributed by atoms with van der Waals surface area (Å²) in [4.78, 5) is 32.8. The zero-order valence-corrected chi connectivity index (χ0v) is 17.5. The molecule has 168 valence electrons. The lowest BCUT2D eigenvalue weighted by molar-refractivity contribution is -0.141. The van der Waals surface area contributed by atoms with Crippen molar-refractivity contribution in [1.82, 2.24) is 29.3 Å². The average Bonchev–Trinajstić information content (AvgIpc) is 3.41. The van der Waals surface area contributed by atoms with E-state index >= 15 is 0 Å². The van der Waals surface area contributed by atoms with Crippen LogP contribution in [0.3, 0.4) is 0 Å². The number of hydrogen-bond acceptors (Lipinski definition) is 7. The van der Waals surface area contributed by atoms with Gasteiger partial charge in [0.15, 0.2) is 16.4 Å². The maximum Gasteiger partial charge on any atom is 0.432 e. The topological polar surface area (TPSA) is 101 Å². The molecule has 0 aliphatic carbocycles. The fourth-order valence-corrected chi connectivity index (χ4v) is 4.43. The fraction of sp³-hybridized carbons (Fsp3) is 0.150. The van der Waals surface area contributed by atoms with Crippen molar-refractivity contribution < 1.29 is 17.6 Å². The van der Waals surface area contributed by atoms with Crippen molar-refractivity contribution >= 4 is 33.3 Å². The van der Waals surface area contributed by atoms with Gasteiger partial charge >= 0.3 is 6.18 Å². The highest BCUT2D eigenvalue weighted by Gasteiger charge is 2.36. The predicted octanol–water partition coefficient (Wildman–Crippen LogP) is 4.42. The molecule has 0 spiro atoms. The highest BCUT2D eigenvalue weighted by molar-refractivity contribution is 7.15. The molecule has 13 heteroatoms. The van der Waals surface area contributed by atoms with Crippen molar-refractivity contribution in [2.24, 2.45) is 0 Å². The van der Waals surface area contributed by atoms with Gasteiger partial charge in [-0.15, -0.1) is 11.3 Å². The number of alkyl halides is 3. The lowest BCUT2D eigenvalue weighted by Crippen LogP contribution is -2.25. The summed E-state index contributed by atoms with van der Waals surface area (Å²) in [5.74, 6) is -0.304. The number of thiazole rings is 1. The van der Waals surface area contributed by atoms with Crippen LogP contribution in [0.5, 0.6) is 0 Å². The number of hydrogen-bond donors (Lipinski definition) is 2. The van der Waals surface area contributed by atoms with Gasteiger partial charge in [0.2, 0.25) is 0 Å². The van der Waals surface area contributed by atoms with Crippen molar-refractivity contribution in [3.8, 4) is 11.1 Å². The van der Waals surface area contributed by atoms with Crippen molar-refractivity contribution in [3.63, 3.8) is 0 Å². The molecule has 4 heterocycles. The lowest BCUT2D eigenvalue weighted by atomic mass is 10.0. The Labute approximate surface area is 186 Å². The number of nitrogens with one attached hydrogen (secondary N) is 2. The summed E-state index contributed by atoms with van der Waals surface area (Å²) < 4.78 is 55.0. The number of H-pyrrole nitrogens is 1. The van der Waals surface area contributed by atoms with Crippen molar-refractivity contribution in [3.05, 3.63) is 69.9 Å². The van der Waals surface area contributed by atoms with E-state index < -0.39 is 29.3 Å². The Bertz CT molecular complexity index is 1560. The molecule has 4 aromatic heterocycles. The van der Waals surface area contributed by atoms with Crippen LogP contribution < -0.4 is 10.9 Å². The summed E-state index contributed by atoms with van der Waals surface area (Å²) in [5, 5.41) is 3.92. The first-order chi connectivity index (χ1) is 15.7. The Morgan fingerprint density at radius 2 is 2.03 bits per heavy atom. The lowest BCUT2D eigenvalue weighted by Gasteiger charge is -2.18. The van der Waals surface area contributed by atoms with E-state index in [2.05, 4.69) is 30.2 Å². The Hall–Kier alpha value is -3.87. The number of anilines is 1. The monoisotopic (exact) mass is 475 g/mol. The molecule has 1 atom stereocenters. The molecular formula is C20H13F4N7OS. The molecule has 0 aliphatic rings. The Morgan fingerprint density at radius 3 is 2.79 bits per heavy atom. The van der Waals surface area contributed by atoms with E-state index in [1.165, 1.54) is 30.9 Å². The van der Waals surface area contributed by atoms with E-state index in [-0.39, 0.29) is 21.8 Å². The number of halogens is 4. The molecule has 8 nitrogen and oxygen atoms in total. The van der Waals surface area contributed by atoms with Gasteiger partial charge in [-0.05, 0) is 24.6 Å². The summed E-state index contributed by atoms with van der Waals surface area (Å²) >= 11 is 0.691. The maximum atomic E-state index is 14.0. The standard InChI is InChI=1S/C20H13F4N7OS/c1-9(29-17-15-16(26-7-25-15)27-8-28-17)14-13(10-3-2-4-11(21)5-10)18(32)31-12(20(22,23)24)6-33-19(31)30-14/h2-9H,1H3,(H2,25,26,27,28,29). The maximum absolute atomic E-state index is 14.0. The van der Waals surface area contributed by atoms with E-state index in [1.54, 1.807) is 6.92 Å². The van der Waals surface area contributed by atoms with Crippen LogP contribution in [0.25, 0.3) is 27.3 Å². The van der Waals surface area contributed by atoms with Gasteiger partial charge in [-0.3, -0.25) is 4.79 Å². The Morgan fingerprint density at radius 1 is 1.21 bits per heavy atom. The minimum absolute atomic E-state index is 0.109. The number of benzene rings is 1. The largest absolute Gasteiger partial charge is 0.432 e. The second-order valence-electron chi connectivity index (χ2n) is 7.11. The summed E-state index contributed by atoms with van der Waals surface area (Å²) in [6.07, 6.45) is -2.02. The molecule has 0 aliphatic heterocycles. The highest BCUT2D eigenvalue weighted by Crippen LogP contribution is 2.34.